The van der Waals surface area contributed by atoms with Crippen LogP contribution >= 0.6 is 21.6 Å². The van der Waals surface area contributed by atoms with Gasteiger partial charge in [-0.25, -0.2) is 8.78 Å². The van der Waals surface area contributed by atoms with E-state index in [0.29, 0.717) is 11.4 Å². The summed E-state index contributed by atoms with van der Waals surface area (Å²) in [6.07, 6.45) is 0. The molecule has 0 aromatic heterocycles. The van der Waals surface area contributed by atoms with E-state index >= 15 is 0 Å². The van der Waals surface area contributed by atoms with Crippen molar-refractivity contribution in [2.75, 3.05) is 11.5 Å². The molecule has 2 rings (SSSR count). The Balaban J connectivity index is 2.11. The van der Waals surface area contributed by atoms with Crippen LogP contribution in [0.2, 0.25) is 0 Å². The lowest BCUT2D eigenvalue weighted by Crippen LogP contribution is -1.90. The van der Waals surface area contributed by atoms with Crippen LogP contribution in [0.15, 0.2) is 46.2 Å². The first-order valence-corrected chi connectivity index (χ1v) is 7.16. The minimum Gasteiger partial charge on any atom is -0.398 e. The molecule has 0 fully saturated rings. The third kappa shape index (κ3) is 3.08. The minimum atomic E-state index is -0.372. The Labute approximate surface area is 111 Å². The Morgan fingerprint density at radius 1 is 0.722 bits per heavy atom. The van der Waals surface area contributed by atoms with Gasteiger partial charge in [-0.1, -0.05) is 21.6 Å². The Morgan fingerprint density at radius 3 is 1.44 bits per heavy atom. The second kappa shape index (κ2) is 5.49. The first-order valence-electron chi connectivity index (χ1n) is 5.01. The van der Waals surface area contributed by atoms with Gasteiger partial charge in [0.15, 0.2) is 0 Å². The zero-order valence-corrected chi connectivity index (χ0v) is 10.8. The van der Waals surface area contributed by atoms with Gasteiger partial charge in [-0.15, -0.1) is 0 Å². The van der Waals surface area contributed by atoms with Crippen molar-refractivity contribution in [3.05, 3.63) is 48.0 Å². The number of nitrogens with two attached hydrogens (primary N) is 2. The molecule has 0 saturated carbocycles. The van der Waals surface area contributed by atoms with Crippen LogP contribution in [-0.2, 0) is 0 Å². The predicted molar refractivity (Wildman–Crippen MR) is 73.3 cm³/mol. The molecular weight excluding hydrogens is 274 g/mol. The lowest BCUT2D eigenvalue weighted by Gasteiger charge is -2.06. The molecule has 0 saturated heterocycles. The van der Waals surface area contributed by atoms with Crippen LogP contribution in [0.25, 0.3) is 0 Å². The molecule has 0 unspecified atom stereocenters. The number of benzene rings is 2. The van der Waals surface area contributed by atoms with Gasteiger partial charge in [0.1, 0.15) is 11.6 Å². The summed E-state index contributed by atoms with van der Waals surface area (Å²) in [6, 6.07) is 8.40. The summed E-state index contributed by atoms with van der Waals surface area (Å²) in [4.78, 5) is 1.48. The van der Waals surface area contributed by atoms with E-state index in [9.17, 15) is 8.78 Å². The number of hydrogen-bond donors (Lipinski definition) is 2. The van der Waals surface area contributed by atoms with E-state index in [1.807, 2.05) is 0 Å². The van der Waals surface area contributed by atoms with Crippen LogP contribution in [0.5, 0.6) is 0 Å². The van der Waals surface area contributed by atoms with Crippen LogP contribution in [0.3, 0.4) is 0 Å². The average molecular weight is 284 g/mol. The molecule has 0 bridgehead atoms. The van der Waals surface area contributed by atoms with Crippen LogP contribution in [0.1, 0.15) is 0 Å². The molecule has 4 N–H and O–H groups in total. The normalized spacial score (nSPS) is 10.6. The molecule has 0 heterocycles. The zero-order valence-electron chi connectivity index (χ0n) is 9.19. The van der Waals surface area contributed by atoms with E-state index in [2.05, 4.69) is 0 Å². The molecule has 0 spiro atoms. The number of nitrogen functional groups attached to an aromatic ring is 2. The maximum absolute atomic E-state index is 12.9. The summed E-state index contributed by atoms with van der Waals surface area (Å²) in [5.74, 6) is -0.744. The van der Waals surface area contributed by atoms with Crippen molar-refractivity contribution >= 4 is 33.0 Å². The molecule has 0 radical (unpaired) electrons. The van der Waals surface area contributed by atoms with E-state index in [-0.39, 0.29) is 11.6 Å². The molecule has 6 heteroatoms. The Hall–Kier alpha value is -1.40. The topological polar surface area (TPSA) is 52.0 Å². The van der Waals surface area contributed by atoms with Crippen LogP contribution in [0.4, 0.5) is 20.2 Å². The van der Waals surface area contributed by atoms with Gasteiger partial charge in [0.2, 0.25) is 0 Å². The standard InChI is InChI=1S/C12H10F2N2S2/c13-7-1-3-11(9(15)5-7)17-18-12-4-2-8(14)6-10(12)16/h1-6H,15-16H2. The van der Waals surface area contributed by atoms with Crippen LogP contribution in [-0.4, -0.2) is 0 Å². The summed E-state index contributed by atoms with van der Waals surface area (Å²) < 4.78 is 25.7. The molecule has 2 aromatic carbocycles. The molecule has 18 heavy (non-hydrogen) atoms. The van der Waals surface area contributed by atoms with Gasteiger partial charge in [0.05, 0.1) is 0 Å². The van der Waals surface area contributed by atoms with Gasteiger partial charge < -0.3 is 11.5 Å². The first kappa shape index (κ1) is 13.0. The lowest BCUT2D eigenvalue weighted by molar-refractivity contribution is 0.627. The number of halogens is 2. The van der Waals surface area contributed by atoms with Crippen LogP contribution < -0.4 is 11.5 Å². The molecule has 2 nitrogen and oxygen atoms in total. The largest absolute Gasteiger partial charge is 0.398 e. The Kier molecular flexibility index (Phi) is 3.98. The lowest BCUT2D eigenvalue weighted by atomic mass is 10.3. The maximum atomic E-state index is 12.9. The van der Waals surface area contributed by atoms with Gasteiger partial charge in [0.25, 0.3) is 0 Å². The third-order valence-corrected chi connectivity index (χ3v) is 4.68. The smallest absolute Gasteiger partial charge is 0.125 e. The highest BCUT2D eigenvalue weighted by atomic mass is 33.1. The summed E-state index contributed by atoms with van der Waals surface area (Å²) in [5, 5.41) is 0. The first-order chi connectivity index (χ1) is 8.56. The molecule has 0 aliphatic carbocycles. The van der Waals surface area contributed by atoms with E-state index in [1.54, 1.807) is 12.1 Å². The molecule has 0 amide bonds. The van der Waals surface area contributed by atoms with Gasteiger partial charge in [-0.2, -0.15) is 0 Å². The number of rotatable bonds is 3. The Bertz CT molecular complexity index is 524. The van der Waals surface area contributed by atoms with E-state index in [0.717, 1.165) is 9.79 Å². The van der Waals surface area contributed by atoms with E-state index in [1.165, 1.54) is 45.9 Å². The quantitative estimate of drug-likeness (QED) is 0.662. The fourth-order valence-corrected chi connectivity index (χ4v) is 3.47. The van der Waals surface area contributed by atoms with Gasteiger partial charge in [-0.3, -0.25) is 0 Å². The van der Waals surface area contributed by atoms with Crippen LogP contribution in [0, 0.1) is 11.6 Å². The van der Waals surface area contributed by atoms with Crippen molar-refractivity contribution in [3.63, 3.8) is 0 Å². The highest BCUT2D eigenvalue weighted by Gasteiger charge is 2.06. The molecule has 0 aliphatic rings. The predicted octanol–water partition coefficient (Wildman–Crippen LogP) is 3.93. The summed E-state index contributed by atoms with van der Waals surface area (Å²) in [6.45, 7) is 0. The van der Waals surface area contributed by atoms with Crippen molar-refractivity contribution < 1.29 is 8.78 Å². The molecule has 94 valence electrons. The van der Waals surface area contributed by atoms with Gasteiger partial charge in [-0.05, 0) is 36.4 Å². The van der Waals surface area contributed by atoms with Gasteiger partial charge >= 0.3 is 0 Å². The summed E-state index contributed by atoms with van der Waals surface area (Å²) in [5.41, 5.74) is 12.1. The number of hydrogen-bond acceptors (Lipinski definition) is 4. The highest BCUT2D eigenvalue weighted by Crippen LogP contribution is 2.42. The van der Waals surface area contributed by atoms with Crippen molar-refractivity contribution in [1.82, 2.24) is 0 Å². The fraction of sp³-hybridized carbons (Fsp3) is 0. The molecule has 0 atom stereocenters. The van der Waals surface area contributed by atoms with Crippen molar-refractivity contribution in [1.29, 1.82) is 0 Å². The molecular formula is C12H10F2N2S2. The number of anilines is 2. The monoisotopic (exact) mass is 284 g/mol. The van der Waals surface area contributed by atoms with Crippen molar-refractivity contribution in [2.45, 2.75) is 9.79 Å². The summed E-state index contributed by atoms with van der Waals surface area (Å²) >= 11 is 0. The highest BCUT2D eigenvalue weighted by molar-refractivity contribution is 8.76. The molecule has 2 aromatic rings. The SMILES string of the molecule is Nc1cc(F)ccc1SSc1ccc(F)cc1N. The second-order valence-electron chi connectivity index (χ2n) is 3.53. The minimum absolute atomic E-state index is 0.369. The van der Waals surface area contributed by atoms with Gasteiger partial charge in [0, 0.05) is 21.2 Å². The average Bonchev–Trinajstić information content (AvgIpc) is 2.30. The van der Waals surface area contributed by atoms with Crippen molar-refractivity contribution in [2.24, 2.45) is 0 Å². The van der Waals surface area contributed by atoms with Crippen molar-refractivity contribution in [3.8, 4) is 0 Å². The second-order valence-corrected chi connectivity index (χ2v) is 5.74. The summed E-state index contributed by atoms with van der Waals surface area (Å²) in [7, 11) is 2.70. The zero-order chi connectivity index (χ0) is 13.1. The molecule has 0 aliphatic heterocycles. The van der Waals surface area contributed by atoms with E-state index < -0.39 is 0 Å². The Morgan fingerprint density at radius 2 is 1.11 bits per heavy atom. The fourth-order valence-electron chi connectivity index (χ4n) is 1.28. The maximum Gasteiger partial charge on any atom is 0.125 e. The van der Waals surface area contributed by atoms with E-state index in [4.69, 9.17) is 11.5 Å². The third-order valence-electron chi connectivity index (χ3n) is 2.16.